The van der Waals surface area contributed by atoms with Gasteiger partial charge in [-0.05, 0) is 87.8 Å². The molecule has 0 saturated carbocycles. The van der Waals surface area contributed by atoms with Crippen molar-refractivity contribution in [3.63, 3.8) is 0 Å². The molecule has 3 saturated heterocycles. The maximum atomic E-state index is 14.7. The molecule has 4 atom stereocenters. The molecule has 16 nitrogen and oxygen atoms in total. The standard InChI is InChI=1S/C51H67N9O7S/c1-10-42(61)57-22-18-51(19-23-57)28-58(29-51)49(65)56(8)44(31(3)4)46(62)54-38-25-41-53-39(27-68-41)33-16-17-40-35(24-33)36(45(59(40)11-2)34-14-12-20-52-43(34)32(5)66-9)26-50(6,7)30-67-48(64)37-15-13-21-60(55-37)47(38)63/h10,12,14,16-17,20,24,27,31-32,37-38,44,55H,1,11,13,15,18-19,21-23,25-26,28-30H2,2-9H3,(H,54,62)/t32-,37-,38-,44-/m0/s1. The molecule has 1 spiro atoms. The summed E-state index contributed by atoms with van der Waals surface area (Å²) in [6.07, 6.45) is 6.15. The first-order valence-corrected chi connectivity index (χ1v) is 24.9. The highest BCUT2D eigenvalue weighted by molar-refractivity contribution is 7.10. The Balaban J connectivity index is 1.11. The lowest BCUT2D eigenvalue weighted by Gasteiger charge is -2.54. The number of pyridine rings is 1. The van der Waals surface area contributed by atoms with Crippen LogP contribution < -0.4 is 10.7 Å². The van der Waals surface area contributed by atoms with Gasteiger partial charge in [0.1, 0.15) is 18.1 Å². The number of hydrazine groups is 1. The summed E-state index contributed by atoms with van der Waals surface area (Å²) in [6.45, 7) is 19.2. The van der Waals surface area contributed by atoms with E-state index in [-0.39, 0.29) is 42.4 Å². The van der Waals surface area contributed by atoms with E-state index in [0.717, 1.165) is 57.5 Å². The van der Waals surface area contributed by atoms with Crippen LogP contribution >= 0.6 is 11.3 Å². The Hall–Kier alpha value is -5.65. The molecule has 7 heterocycles. The van der Waals surface area contributed by atoms with Crippen LogP contribution in [0.25, 0.3) is 33.4 Å². The van der Waals surface area contributed by atoms with Gasteiger partial charge in [-0.3, -0.25) is 29.2 Å². The quantitative estimate of drug-likeness (QED) is 0.142. The minimum atomic E-state index is -1.07. The third-order valence-electron chi connectivity index (χ3n) is 14.4. The second-order valence-electron chi connectivity index (χ2n) is 20.2. The number of hydrogen-bond acceptors (Lipinski definition) is 11. The van der Waals surface area contributed by atoms with E-state index in [1.54, 1.807) is 30.2 Å². The van der Waals surface area contributed by atoms with Crippen molar-refractivity contribution in [1.82, 2.24) is 45.0 Å². The van der Waals surface area contributed by atoms with Gasteiger partial charge in [-0.15, -0.1) is 11.3 Å². The fourth-order valence-electron chi connectivity index (χ4n) is 10.6. The smallest absolute Gasteiger partial charge is 0.324 e. The van der Waals surface area contributed by atoms with E-state index in [0.29, 0.717) is 63.5 Å². The normalized spacial score (nSPS) is 21.5. The van der Waals surface area contributed by atoms with Crippen molar-refractivity contribution in [2.45, 2.75) is 111 Å². The third-order valence-corrected chi connectivity index (χ3v) is 15.3. The Morgan fingerprint density at radius 3 is 2.54 bits per heavy atom. The fraction of sp³-hybridized carbons (Fsp3) is 0.549. The summed E-state index contributed by atoms with van der Waals surface area (Å²) >= 11 is 1.42. The van der Waals surface area contributed by atoms with Crippen molar-refractivity contribution < 1.29 is 33.4 Å². The molecule has 0 unspecified atom stereocenters. The predicted molar refractivity (Wildman–Crippen MR) is 261 cm³/mol. The second-order valence-corrected chi connectivity index (χ2v) is 21.2. The van der Waals surface area contributed by atoms with Gasteiger partial charge in [0.25, 0.3) is 5.91 Å². The van der Waals surface area contributed by atoms with Gasteiger partial charge in [-0.2, -0.15) is 0 Å². The van der Waals surface area contributed by atoms with Crippen LogP contribution in [-0.2, 0) is 48.0 Å². The van der Waals surface area contributed by atoms with Crippen LogP contribution in [0.3, 0.4) is 0 Å². The topological polar surface area (TPSA) is 172 Å². The van der Waals surface area contributed by atoms with Crippen LogP contribution in [0.15, 0.2) is 54.6 Å². The summed E-state index contributed by atoms with van der Waals surface area (Å²) in [6, 6.07) is 7.44. The number of cyclic esters (lactones) is 1. The lowest BCUT2D eigenvalue weighted by Crippen LogP contribution is -2.66. The molecule has 0 aliphatic carbocycles. The summed E-state index contributed by atoms with van der Waals surface area (Å²) in [5.41, 5.74) is 9.25. The number of piperidine rings is 1. The number of urea groups is 1. The van der Waals surface area contributed by atoms with Crippen LogP contribution in [0.4, 0.5) is 4.79 Å². The number of hydrogen-bond donors (Lipinski definition) is 2. The Morgan fingerprint density at radius 2 is 1.85 bits per heavy atom. The number of rotatable bonds is 9. The van der Waals surface area contributed by atoms with Crippen molar-refractivity contribution in [3.8, 4) is 22.5 Å². The summed E-state index contributed by atoms with van der Waals surface area (Å²) in [7, 11) is 3.33. The zero-order valence-electron chi connectivity index (χ0n) is 40.8. The number of carbonyl (C=O) groups is 5. The summed E-state index contributed by atoms with van der Waals surface area (Å²) in [4.78, 5) is 84.3. The molecular formula is C51H67N9O7S. The van der Waals surface area contributed by atoms with Crippen molar-refractivity contribution in [2.75, 3.05) is 53.5 Å². The van der Waals surface area contributed by atoms with Crippen molar-refractivity contribution in [2.24, 2.45) is 16.7 Å². The molecule has 3 fully saturated rings. The molecular weight excluding hydrogens is 883 g/mol. The Kier molecular flexibility index (Phi) is 14.2. The van der Waals surface area contributed by atoms with E-state index in [9.17, 15) is 24.0 Å². The molecule has 8 rings (SSSR count). The Bertz CT molecular complexity index is 2570. The maximum Gasteiger partial charge on any atom is 0.324 e. The molecule has 2 N–H and O–H groups in total. The summed E-state index contributed by atoms with van der Waals surface area (Å²) < 4.78 is 14.3. The average Bonchev–Trinajstić information content (AvgIpc) is 3.92. The molecule has 4 aliphatic rings. The van der Waals surface area contributed by atoms with Gasteiger partial charge in [-0.25, -0.2) is 15.2 Å². The van der Waals surface area contributed by atoms with E-state index < -0.39 is 41.3 Å². The molecule has 17 heteroatoms. The van der Waals surface area contributed by atoms with E-state index in [1.165, 1.54) is 27.3 Å². The van der Waals surface area contributed by atoms with E-state index in [4.69, 9.17) is 19.4 Å². The van der Waals surface area contributed by atoms with Crippen LogP contribution in [0, 0.1) is 16.7 Å². The molecule has 1 aromatic carbocycles. The number of likely N-dealkylation sites (N-methyl/N-ethyl adjacent to an activating group) is 1. The highest BCUT2D eigenvalue weighted by Crippen LogP contribution is 2.43. The number of aromatic nitrogens is 3. The predicted octanol–water partition coefficient (Wildman–Crippen LogP) is 6.39. The first-order chi connectivity index (χ1) is 32.5. The zero-order valence-corrected chi connectivity index (χ0v) is 41.6. The van der Waals surface area contributed by atoms with E-state index >= 15 is 0 Å². The lowest BCUT2D eigenvalue weighted by molar-refractivity contribution is -0.155. The van der Waals surface area contributed by atoms with Crippen LogP contribution in [-0.4, -0.2) is 136 Å². The molecule has 6 bridgehead atoms. The third kappa shape index (κ3) is 9.66. The van der Waals surface area contributed by atoms with Gasteiger partial charge in [0.2, 0.25) is 11.8 Å². The number of nitrogens with zero attached hydrogens (tertiary/aromatic N) is 7. The highest BCUT2D eigenvalue weighted by Gasteiger charge is 2.49. The summed E-state index contributed by atoms with van der Waals surface area (Å²) in [5, 5.41) is 8.17. The minimum Gasteiger partial charge on any atom is -0.464 e. The zero-order chi connectivity index (χ0) is 48.7. The number of esters is 1. The number of amides is 5. The number of carbonyl (C=O) groups excluding carboxylic acids is 5. The Labute approximate surface area is 403 Å². The van der Waals surface area contributed by atoms with Crippen LogP contribution in [0.1, 0.15) is 89.6 Å². The van der Waals surface area contributed by atoms with Crippen molar-refractivity contribution in [3.05, 3.63) is 70.8 Å². The van der Waals surface area contributed by atoms with Gasteiger partial charge in [-0.1, -0.05) is 40.3 Å². The van der Waals surface area contributed by atoms with Gasteiger partial charge in [0.05, 0.1) is 34.8 Å². The largest absolute Gasteiger partial charge is 0.464 e. The number of ether oxygens (including phenoxy) is 2. The number of aryl methyl sites for hydroxylation is 1. The number of methoxy groups -OCH3 is 1. The summed E-state index contributed by atoms with van der Waals surface area (Å²) in [5.74, 6) is -1.69. The molecule has 68 heavy (non-hydrogen) atoms. The van der Waals surface area contributed by atoms with E-state index in [1.807, 2.05) is 32.2 Å². The highest BCUT2D eigenvalue weighted by atomic mass is 32.1. The molecule has 364 valence electrons. The van der Waals surface area contributed by atoms with Gasteiger partial charge >= 0.3 is 12.0 Å². The van der Waals surface area contributed by atoms with Crippen molar-refractivity contribution in [1.29, 1.82) is 0 Å². The fourth-order valence-corrected chi connectivity index (χ4v) is 11.5. The number of nitrogens with one attached hydrogen (secondary N) is 2. The van der Waals surface area contributed by atoms with Gasteiger partial charge < -0.3 is 34.1 Å². The Morgan fingerprint density at radius 1 is 1.10 bits per heavy atom. The van der Waals surface area contributed by atoms with Gasteiger partial charge in [0.15, 0.2) is 0 Å². The van der Waals surface area contributed by atoms with Crippen molar-refractivity contribution >= 4 is 52.0 Å². The molecule has 5 amide bonds. The monoisotopic (exact) mass is 949 g/mol. The lowest BCUT2D eigenvalue weighted by atomic mass is 9.72. The number of thiazole rings is 1. The first-order valence-electron chi connectivity index (χ1n) is 24.0. The second kappa shape index (κ2) is 19.8. The molecule has 4 aliphatic heterocycles. The first kappa shape index (κ1) is 48.8. The average molecular weight is 950 g/mol. The number of likely N-dealkylation sites (tertiary alicyclic amines) is 2. The number of benzene rings is 1. The number of fused-ring (bicyclic) bond motifs is 6. The minimum absolute atomic E-state index is 0.0581. The van der Waals surface area contributed by atoms with Crippen LogP contribution in [0.5, 0.6) is 0 Å². The SMILES string of the molecule is C=CC(=O)N1CCC2(CC1)CN(C(=O)N(C)[C@H](C(=O)N[C@H]1Cc3nc(cs3)-c3ccc4c(c3)c(c(-c3cccnc3[C@H](C)OC)n4CC)CC(C)(C)COC(=O)[C@@H]3CCCN(N3)C1=O)C(C)C)C2. The maximum absolute atomic E-state index is 14.7. The van der Waals surface area contributed by atoms with E-state index in [2.05, 4.69) is 66.9 Å². The molecule has 4 aromatic rings. The molecule has 3 aromatic heterocycles. The van der Waals surface area contributed by atoms with Gasteiger partial charge in [0, 0.05) is 104 Å². The molecule has 0 radical (unpaired) electrons. The van der Waals surface area contributed by atoms with Crippen LogP contribution in [0.2, 0.25) is 0 Å².